The van der Waals surface area contributed by atoms with E-state index in [1.807, 2.05) is 49.0 Å². The van der Waals surface area contributed by atoms with Gasteiger partial charge in [-0.05, 0) is 6.42 Å². The third-order valence-electron chi connectivity index (χ3n) is 3.42. The van der Waals surface area contributed by atoms with Gasteiger partial charge in [0.2, 0.25) is 0 Å². The van der Waals surface area contributed by atoms with Crippen molar-refractivity contribution < 1.29 is 0 Å². The van der Waals surface area contributed by atoms with Crippen molar-refractivity contribution in [3.63, 3.8) is 0 Å². The first-order valence-electron chi connectivity index (χ1n) is 6.94. The van der Waals surface area contributed by atoms with Crippen LogP contribution in [-0.2, 0) is 7.05 Å². The maximum atomic E-state index is 6.22. The number of thioether (sulfide) groups is 2. The van der Waals surface area contributed by atoms with E-state index in [2.05, 4.69) is 17.0 Å². The van der Waals surface area contributed by atoms with Gasteiger partial charge in [-0.25, -0.2) is 9.97 Å². The standard InChI is InChI=1S/C14H17ClN4S2/c1-3-11-13(21-5-4-20-11)14-17-10(6-12(15)18-14)9-7-16-19(2)8-9/h6-8,11,13H,3-5H2,1-2H3. The van der Waals surface area contributed by atoms with Gasteiger partial charge in [-0.2, -0.15) is 16.9 Å². The van der Waals surface area contributed by atoms with Gasteiger partial charge in [-0.15, -0.1) is 11.8 Å². The summed E-state index contributed by atoms with van der Waals surface area (Å²) in [5.74, 6) is 3.20. The summed E-state index contributed by atoms with van der Waals surface area (Å²) in [4.78, 5) is 9.24. The van der Waals surface area contributed by atoms with Crippen LogP contribution in [0.25, 0.3) is 11.3 Å². The zero-order chi connectivity index (χ0) is 14.8. The fraction of sp³-hybridized carbons (Fsp3) is 0.500. The summed E-state index contributed by atoms with van der Waals surface area (Å²) in [6, 6.07) is 1.81. The van der Waals surface area contributed by atoms with Crippen LogP contribution >= 0.6 is 35.1 Å². The minimum absolute atomic E-state index is 0.322. The summed E-state index contributed by atoms with van der Waals surface area (Å²) < 4.78 is 1.77. The zero-order valence-electron chi connectivity index (χ0n) is 12.0. The van der Waals surface area contributed by atoms with Crippen LogP contribution in [0.1, 0.15) is 24.4 Å². The molecule has 4 nitrogen and oxygen atoms in total. The van der Waals surface area contributed by atoms with Crippen LogP contribution in [0.3, 0.4) is 0 Å². The van der Waals surface area contributed by atoms with Gasteiger partial charge >= 0.3 is 0 Å². The molecule has 0 amide bonds. The number of halogens is 1. The number of nitrogens with zero attached hydrogens (tertiary/aromatic N) is 4. The van der Waals surface area contributed by atoms with Gasteiger partial charge in [0, 0.05) is 41.6 Å². The van der Waals surface area contributed by atoms with E-state index in [0.29, 0.717) is 15.7 Å². The lowest BCUT2D eigenvalue weighted by Crippen LogP contribution is -2.20. The Labute approximate surface area is 138 Å². The molecule has 1 aliphatic heterocycles. The Kier molecular flexibility index (Phi) is 4.76. The van der Waals surface area contributed by atoms with Crippen molar-refractivity contribution in [2.24, 2.45) is 7.05 Å². The zero-order valence-corrected chi connectivity index (χ0v) is 14.4. The van der Waals surface area contributed by atoms with E-state index in [4.69, 9.17) is 16.6 Å². The Morgan fingerprint density at radius 3 is 2.86 bits per heavy atom. The molecule has 3 heterocycles. The van der Waals surface area contributed by atoms with E-state index in [0.717, 1.165) is 29.3 Å². The topological polar surface area (TPSA) is 43.6 Å². The molecular weight excluding hydrogens is 324 g/mol. The van der Waals surface area contributed by atoms with E-state index in [-0.39, 0.29) is 0 Å². The van der Waals surface area contributed by atoms with Crippen LogP contribution < -0.4 is 0 Å². The Balaban J connectivity index is 1.97. The molecular formula is C14H17ClN4S2. The molecule has 0 aromatic carbocycles. The maximum absolute atomic E-state index is 6.22. The first kappa shape index (κ1) is 15.2. The summed E-state index contributed by atoms with van der Waals surface area (Å²) in [5, 5.41) is 5.59. The molecule has 3 rings (SSSR count). The first-order chi connectivity index (χ1) is 10.2. The molecule has 2 aromatic rings. The largest absolute Gasteiger partial charge is 0.275 e. The fourth-order valence-corrected chi connectivity index (χ4v) is 5.59. The van der Waals surface area contributed by atoms with Crippen LogP contribution in [0.5, 0.6) is 0 Å². The molecule has 1 aliphatic rings. The second-order valence-electron chi connectivity index (χ2n) is 4.95. The van der Waals surface area contributed by atoms with Crippen LogP contribution in [-0.4, -0.2) is 36.5 Å². The highest BCUT2D eigenvalue weighted by Gasteiger charge is 2.29. The maximum Gasteiger partial charge on any atom is 0.144 e. The smallest absolute Gasteiger partial charge is 0.144 e. The quantitative estimate of drug-likeness (QED) is 0.794. The van der Waals surface area contributed by atoms with Crippen molar-refractivity contribution >= 4 is 35.1 Å². The molecule has 2 atom stereocenters. The average molecular weight is 341 g/mol. The highest BCUT2D eigenvalue weighted by molar-refractivity contribution is 8.06. The van der Waals surface area contributed by atoms with E-state index < -0.39 is 0 Å². The normalized spacial score (nSPS) is 22.4. The van der Waals surface area contributed by atoms with E-state index in [1.54, 1.807) is 4.68 Å². The van der Waals surface area contributed by atoms with Crippen molar-refractivity contribution in [3.8, 4) is 11.3 Å². The van der Waals surface area contributed by atoms with Gasteiger partial charge in [0.05, 0.1) is 17.1 Å². The van der Waals surface area contributed by atoms with E-state index in [9.17, 15) is 0 Å². The Morgan fingerprint density at radius 1 is 1.33 bits per heavy atom. The molecule has 0 bridgehead atoms. The minimum Gasteiger partial charge on any atom is -0.275 e. The SMILES string of the molecule is CCC1SCCSC1c1nc(Cl)cc(-c2cnn(C)c2)n1. The molecule has 2 unspecified atom stereocenters. The summed E-state index contributed by atoms with van der Waals surface area (Å²) in [5.41, 5.74) is 1.83. The van der Waals surface area contributed by atoms with Gasteiger partial charge in [-0.1, -0.05) is 18.5 Å². The summed E-state index contributed by atoms with van der Waals surface area (Å²) in [6.07, 6.45) is 4.88. The van der Waals surface area contributed by atoms with Crippen LogP contribution in [0, 0.1) is 0 Å². The number of aromatic nitrogens is 4. The fourth-order valence-electron chi connectivity index (χ4n) is 2.41. The predicted molar refractivity (Wildman–Crippen MR) is 91.0 cm³/mol. The summed E-state index contributed by atoms with van der Waals surface area (Å²) in [7, 11) is 1.90. The minimum atomic E-state index is 0.322. The number of rotatable bonds is 3. The van der Waals surface area contributed by atoms with Gasteiger partial charge in [0.25, 0.3) is 0 Å². The second-order valence-corrected chi connectivity index (χ2v) is 7.93. The highest BCUT2D eigenvalue weighted by atomic mass is 35.5. The van der Waals surface area contributed by atoms with Crippen molar-refractivity contribution in [2.45, 2.75) is 23.8 Å². The second kappa shape index (κ2) is 6.58. The molecule has 2 aromatic heterocycles. The molecule has 112 valence electrons. The highest BCUT2D eigenvalue weighted by Crippen LogP contribution is 2.43. The van der Waals surface area contributed by atoms with E-state index in [1.165, 1.54) is 5.75 Å². The van der Waals surface area contributed by atoms with Crippen LogP contribution in [0.4, 0.5) is 0 Å². The number of aryl methyl sites for hydroxylation is 1. The third-order valence-corrected chi connectivity index (χ3v) is 6.86. The number of hydrogen-bond donors (Lipinski definition) is 0. The lowest BCUT2D eigenvalue weighted by molar-refractivity contribution is 0.750. The van der Waals surface area contributed by atoms with Gasteiger partial charge in [0.15, 0.2) is 0 Å². The van der Waals surface area contributed by atoms with Crippen LogP contribution in [0.15, 0.2) is 18.5 Å². The van der Waals surface area contributed by atoms with Gasteiger partial charge in [0.1, 0.15) is 11.0 Å². The van der Waals surface area contributed by atoms with Crippen molar-refractivity contribution in [3.05, 3.63) is 29.4 Å². The average Bonchev–Trinajstić information content (AvgIpc) is 2.93. The number of hydrogen-bond acceptors (Lipinski definition) is 5. The van der Waals surface area contributed by atoms with Crippen molar-refractivity contribution in [2.75, 3.05) is 11.5 Å². The molecule has 0 radical (unpaired) electrons. The molecule has 21 heavy (non-hydrogen) atoms. The monoisotopic (exact) mass is 340 g/mol. The van der Waals surface area contributed by atoms with Gasteiger partial charge in [-0.3, -0.25) is 4.68 Å². The van der Waals surface area contributed by atoms with Gasteiger partial charge < -0.3 is 0 Å². The Hall–Kier alpha value is -0.720. The molecule has 0 spiro atoms. The first-order valence-corrected chi connectivity index (χ1v) is 9.41. The summed E-state index contributed by atoms with van der Waals surface area (Å²) in [6.45, 7) is 2.23. The molecule has 0 aliphatic carbocycles. The summed E-state index contributed by atoms with van der Waals surface area (Å²) >= 11 is 10.2. The lowest BCUT2D eigenvalue weighted by Gasteiger charge is -2.28. The lowest BCUT2D eigenvalue weighted by atomic mass is 10.2. The Morgan fingerprint density at radius 2 is 2.14 bits per heavy atom. The van der Waals surface area contributed by atoms with Crippen molar-refractivity contribution in [1.29, 1.82) is 0 Å². The van der Waals surface area contributed by atoms with Crippen molar-refractivity contribution in [1.82, 2.24) is 19.7 Å². The van der Waals surface area contributed by atoms with E-state index >= 15 is 0 Å². The Bertz CT molecular complexity index is 631. The predicted octanol–water partition coefficient (Wildman–Crippen LogP) is 3.83. The van der Waals surface area contributed by atoms with Crippen LogP contribution in [0.2, 0.25) is 5.15 Å². The molecule has 1 saturated heterocycles. The molecule has 0 N–H and O–H groups in total. The third kappa shape index (κ3) is 3.38. The molecule has 7 heteroatoms. The molecule has 0 saturated carbocycles. The molecule has 1 fully saturated rings.